The van der Waals surface area contributed by atoms with Crippen LogP contribution in [0.25, 0.3) is 0 Å². The lowest BCUT2D eigenvalue weighted by molar-refractivity contribution is -0.283. The molecular weight excluding hydrogens is 576 g/mol. The number of aliphatic hydroxyl groups is 4. The van der Waals surface area contributed by atoms with Gasteiger partial charge in [-0.15, -0.1) is 0 Å². The molecule has 2 bridgehead atoms. The highest BCUT2D eigenvalue weighted by Gasteiger charge is 2.88. The maximum absolute atomic E-state index is 12.7. The molecule has 4 N–H and O–H groups in total. The van der Waals surface area contributed by atoms with Crippen LogP contribution in [-0.4, -0.2) is 94.5 Å². The summed E-state index contributed by atoms with van der Waals surface area (Å²) in [4.78, 5) is 10.9. The van der Waals surface area contributed by atoms with E-state index in [1.54, 1.807) is 7.11 Å². The topological polar surface area (TPSA) is 135 Å². The third-order valence-corrected chi connectivity index (χ3v) is 16.0. The molecule has 5 saturated carbocycles. The minimum absolute atomic E-state index is 0.0948. The lowest BCUT2D eigenvalue weighted by Gasteiger charge is -2.63. The molecule has 7 rings (SSSR count). The molecule has 7 aliphatic rings. The number of carbonyl (C=O) groups is 1. The normalized spacial score (nSPS) is 54.5. The van der Waals surface area contributed by atoms with Gasteiger partial charge in [-0.05, 0) is 105 Å². The summed E-state index contributed by atoms with van der Waals surface area (Å²) in [5.41, 5.74) is -0.764. The highest BCUT2D eigenvalue weighted by Crippen LogP contribution is 2.90. The fourth-order valence-electron chi connectivity index (χ4n) is 13.7. The van der Waals surface area contributed by atoms with Crippen molar-refractivity contribution < 1.29 is 44.2 Å². The summed E-state index contributed by atoms with van der Waals surface area (Å²) in [6, 6.07) is 0. The van der Waals surface area contributed by atoms with Crippen LogP contribution < -0.4 is 0 Å². The monoisotopic (exact) mass is 634 g/mol. The van der Waals surface area contributed by atoms with Crippen LogP contribution in [0.5, 0.6) is 0 Å². The molecule has 256 valence electrons. The van der Waals surface area contributed by atoms with Gasteiger partial charge in [-0.1, -0.05) is 34.6 Å². The molecule has 0 aromatic carbocycles. The summed E-state index contributed by atoms with van der Waals surface area (Å²) in [5, 5.41) is 42.9. The van der Waals surface area contributed by atoms with E-state index in [2.05, 4.69) is 48.5 Å². The lowest BCUT2D eigenvalue weighted by atomic mass is 9.41. The second kappa shape index (κ2) is 9.96. The zero-order valence-corrected chi connectivity index (χ0v) is 28.6. The maximum Gasteiger partial charge on any atom is 0.199 e. The van der Waals surface area contributed by atoms with Gasteiger partial charge < -0.3 is 44.2 Å². The number of hydrogen-bond donors (Lipinski definition) is 4. The third kappa shape index (κ3) is 3.82. The predicted molar refractivity (Wildman–Crippen MR) is 165 cm³/mol. The Morgan fingerprint density at radius 2 is 1.64 bits per heavy atom. The van der Waals surface area contributed by atoms with Crippen molar-refractivity contribution in [1.29, 1.82) is 0 Å². The predicted octanol–water partition coefficient (Wildman–Crippen LogP) is 3.62. The number of aldehydes is 1. The van der Waals surface area contributed by atoms with Crippen molar-refractivity contribution in [3.8, 4) is 0 Å². The largest absolute Gasteiger partial charge is 0.388 e. The molecule has 0 radical (unpaired) electrons. The summed E-state index contributed by atoms with van der Waals surface area (Å²) < 4.78 is 26.2. The average molecular weight is 635 g/mol. The Balaban J connectivity index is 1.16. The fraction of sp³-hybridized carbons (Fsp3) is 0.972. The van der Waals surface area contributed by atoms with E-state index in [4.69, 9.17) is 18.9 Å². The SMILES string of the molecule is COC(C)(C)[C@H]1O[C@@]23O[C@@H]1C[C@@H](C)[C@@H]2[C@@]1(C)CC[C@@]24C[C@@]25CC[C@H](OC[C@@H](O)[C@H](O)[C@@H](O)C=O)C(C)(C)[C@@H]5CC[C@H]4[C@]1(C)[C@H]3O. The Hall–Kier alpha value is -0.650. The van der Waals surface area contributed by atoms with Gasteiger partial charge in [0.05, 0.1) is 24.4 Å². The molecule has 0 aromatic rings. The van der Waals surface area contributed by atoms with Crippen molar-refractivity contribution in [1.82, 2.24) is 0 Å². The number of methoxy groups -OCH3 is 1. The molecule has 0 aromatic heterocycles. The quantitative estimate of drug-likeness (QED) is 0.296. The van der Waals surface area contributed by atoms with Gasteiger partial charge in [0.2, 0.25) is 0 Å². The van der Waals surface area contributed by atoms with E-state index in [0.29, 0.717) is 17.8 Å². The van der Waals surface area contributed by atoms with Crippen LogP contribution in [0.4, 0.5) is 0 Å². The van der Waals surface area contributed by atoms with Gasteiger partial charge >= 0.3 is 0 Å². The van der Waals surface area contributed by atoms with Crippen molar-refractivity contribution in [2.24, 2.45) is 50.7 Å². The zero-order valence-electron chi connectivity index (χ0n) is 28.6. The van der Waals surface area contributed by atoms with E-state index in [1.807, 2.05) is 0 Å². The minimum atomic E-state index is -1.63. The van der Waals surface area contributed by atoms with E-state index < -0.39 is 35.8 Å². The number of fused-ring (bicyclic) bond motifs is 4. The molecule has 2 saturated heterocycles. The molecular formula is C36H58O9. The van der Waals surface area contributed by atoms with Crippen molar-refractivity contribution in [3.05, 3.63) is 0 Å². The van der Waals surface area contributed by atoms with Gasteiger partial charge in [0.25, 0.3) is 0 Å². The number of aliphatic hydroxyl groups excluding tert-OH is 4. The third-order valence-electron chi connectivity index (χ3n) is 16.0. The Kier molecular flexibility index (Phi) is 7.28. The van der Waals surface area contributed by atoms with Gasteiger partial charge in [0, 0.05) is 18.4 Å². The molecule has 2 heterocycles. The van der Waals surface area contributed by atoms with Crippen LogP contribution in [0.1, 0.15) is 99.8 Å². The number of ether oxygens (including phenoxy) is 4. The Labute approximate surface area is 268 Å². The molecule has 3 spiro atoms. The van der Waals surface area contributed by atoms with E-state index in [1.165, 1.54) is 12.8 Å². The van der Waals surface area contributed by atoms with Crippen LogP contribution >= 0.6 is 0 Å². The fourth-order valence-corrected chi connectivity index (χ4v) is 13.7. The van der Waals surface area contributed by atoms with Gasteiger partial charge in [-0.3, -0.25) is 0 Å². The first-order valence-corrected chi connectivity index (χ1v) is 17.6. The zero-order chi connectivity index (χ0) is 32.8. The summed E-state index contributed by atoms with van der Waals surface area (Å²) in [7, 11) is 1.73. The number of hydrogen-bond acceptors (Lipinski definition) is 9. The number of carbonyl (C=O) groups excluding carboxylic acids is 1. The maximum atomic E-state index is 12.7. The van der Waals surface area contributed by atoms with Crippen LogP contribution in [0.15, 0.2) is 0 Å². The lowest BCUT2D eigenvalue weighted by Crippen LogP contribution is -2.60. The Morgan fingerprint density at radius 1 is 0.978 bits per heavy atom. The molecule has 9 heteroatoms. The molecule has 45 heavy (non-hydrogen) atoms. The molecule has 0 amide bonds. The number of rotatable bonds is 8. The summed E-state index contributed by atoms with van der Waals surface area (Å²) in [6.45, 7) is 15.8. The van der Waals surface area contributed by atoms with Gasteiger partial charge in [0.1, 0.15) is 30.5 Å². The van der Waals surface area contributed by atoms with Crippen molar-refractivity contribution in [2.75, 3.05) is 13.7 Å². The highest BCUT2D eigenvalue weighted by molar-refractivity contribution is 5.56. The highest BCUT2D eigenvalue weighted by atomic mass is 16.8. The van der Waals surface area contributed by atoms with Crippen LogP contribution in [-0.2, 0) is 23.7 Å². The summed E-state index contributed by atoms with van der Waals surface area (Å²) in [5.74, 6) is 0.295. The first-order chi connectivity index (χ1) is 20.9. The first-order valence-electron chi connectivity index (χ1n) is 17.6. The summed E-state index contributed by atoms with van der Waals surface area (Å²) in [6.07, 6.45) is 2.90. The van der Waals surface area contributed by atoms with Gasteiger partial charge in [-0.2, -0.15) is 0 Å². The smallest absolute Gasteiger partial charge is 0.199 e. The second-order valence-electron chi connectivity index (χ2n) is 18.1. The van der Waals surface area contributed by atoms with Crippen LogP contribution in [0, 0.1) is 50.7 Å². The second-order valence-corrected chi connectivity index (χ2v) is 18.1. The van der Waals surface area contributed by atoms with Crippen LogP contribution in [0.3, 0.4) is 0 Å². The molecule has 2 aliphatic heterocycles. The van der Waals surface area contributed by atoms with Crippen molar-refractivity contribution >= 4 is 6.29 Å². The molecule has 5 aliphatic carbocycles. The Bertz CT molecular complexity index is 1210. The van der Waals surface area contributed by atoms with E-state index in [9.17, 15) is 25.2 Å². The van der Waals surface area contributed by atoms with E-state index in [-0.39, 0.29) is 64.2 Å². The van der Waals surface area contributed by atoms with Gasteiger partial charge in [-0.25, -0.2) is 0 Å². The van der Waals surface area contributed by atoms with Gasteiger partial charge in [0.15, 0.2) is 12.1 Å². The molecule has 9 nitrogen and oxygen atoms in total. The Morgan fingerprint density at radius 3 is 2.31 bits per heavy atom. The average Bonchev–Trinajstić information content (AvgIpc) is 3.51. The van der Waals surface area contributed by atoms with E-state index in [0.717, 1.165) is 38.5 Å². The summed E-state index contributed by atoms with van der Waals surface area (Å²) >= 11 is 0. The van der Waals surface area contributed by atoms with Crippen molar-refractivity contribution in [3.63, 3.8) is 0 Å². The molecule has 7 fully saturated rings. The first kappa shape index (κ1) is 32.9. The standard InChI is InChI=1S/C36H58O9/c1-19-15-22-28(31(4,5)42-8)45-36(44-22)27(19)32(6)13-14-35-18-34(35)12-11-25(43-17-21(39)26(40)20(38)16-37)30(2,3)23(34)9-10-24(35)33(32,7)29(36)41/h16,19-29,38-41H,9-15,17-18H2,1-8H3/t19-,20+,21-,22-,23+,24+,25+,26-,27-,28+,29-,32-,33-,34-,35+,36+/m1/s1. The van der Waals surface area contributed by atoms with Crippen LogP contribution in [0.2, 0.25) is 0 Å². The van der Waals surface area contributed by atoms with Crippen molar-refractivity contribution in [2.45, 2.75) is 154 Å². The molecule has 0 unspecified atom stereocenters. The molecule has 16 atom stereocenters. The van der Waals surface area contributed by atoms with E-state index >= 15 is 0 Å². The minimum Gasteiger partial charge on any atom is -0.388 e.